The number of halogens is 1. The highest BCUT2D eigenvalue weighted by Gasteiger charge is 2.01. The average Bonchev–Trinajstić information content (AvgIpc) is 2.52. The molecule has 2 heterocycles. The molecule has 0 fully saturated rings. The Balaban J connectivity index is 2.52. The monoisotopic (exact) mass is 212 g/mol. The van der Waals surface area contributed by atoms with Gasteiger partial charge in [0.05, 0.1) is 5.02 Å². The normalized spacial score (nSPS) is 10.2. The average molecular weight is 213 g/mol. The number of aromatic amines is 2. The topological polar surface area (TPSA) is 57.4 Å². The summed E-state index contributed by atoms with van der Waals surface area (Å²) in [5.74, 6) is 0.639. The van der Waals surface area contributed by atoms with E-state index in [4.69, 9.17) is 23.8 Å². The number of hydrogen-bond acceptors (Lipinski definition) is 3. The lowest BCUT2D eigenvalue weighted by Crippen LogP contribution is -1.82. The van der Waals surface area contributed by atoms with Crippen LogP contribution in [0.25, 0.3) is 11.4 Å². The van der Waals surface area contributed by atoms with Gasteiger partial charge in [0, 0.05) is 18.0 Å². The van der Waals surface area contributed by atoms with E-state index < -0.39 is 0 Å². The maximum absolute atomic E-state index is 5.76. The van der Waals surface area contributed by atoms with E-state index in [1.54, 1.807) is 18.5 Å². The van der Waals surface area contributed by atoms with Crippen LogP contribution >= 0.6 is 23.8 Å². The molecule has 0 bridgehead atoms. The molecule has 0 aromatic carbocycles. The van der Waals surface area contributed by atoms with Crippen LogP contribution in [0.4, 0.5) is 0 Å². The summed E-state index contributed by atoms with van der Waals surface area (Å²) in [6, 6.07) is 1.76. The number of H-pyrrole nitrogens is 2. The maximum Gasteiger partial charge on any atom is 0.213 e. The molecule has 0 aliphatic heterocycles. The molecule has 2 aromatic rings. The van der Waals surface area contributed by atoms with Gasteiger partial charge < -0.3 is 0 Å². The van der Waals surface area contributed by atoms with E-state index in [0.29, 0.717) is 15.6 Å². The van der Waals surface area contributed by atoms with E-state index in [1.165, 1.54) is 0 Å². The van der Waals surface area contributed by atoms with E-state index in [9.17, 15) is 0 Å². The minimum absolute atomic E-state index is 0.412. The second-order valence-electron chi connectivity index (χ2n) is 2.41. The Morgan fingerprint density at radius 1 is 1.31 bits per heavy atom. The summed E-state index contributed by atoms with van der Waals surface area (Å²) in [6.07, 6.45) is 3.22. The molecule has 0 spiro atoms. The molecular formula is C7H5ClN4S. The molecule has 13 heavy (non-hydrogen) atoms. The van der Waals surface area contributed by atoms with Crippen molar-refractivity contribution >= 4 is 23.8 Å². The zero-order valence-electron chi connectivity index (χ0n) is 6.41. The first-order valence-electron chi connectivity index (χ1n) is 3.51. The summed E-state index contributed by atoms with van der Waals surface area (Å²) in [5.41, 5.74) is 0.805. The van der Waals surface area contributed by atoms with Crippen molar-refractivity contribution in [1.29, 1.82) is 0 Å². The Morgan fingerprint density at radius 2 is 2.15 bits per heavy atom. The fraction of sp³-hybridized carbons (Fsp3) is 0. The standard InChI is InChI=1S/C7H5ClN4S/c8-5-1-4(2-9-3-5)6-10-7(13)12-11-6/h1-3H,(H2,10,11,12,13). The van der Waals surface area contributed by atoms with Crippen molar-refractivity contribution in [2.45, 2.75) is 0 Å². The summed E-state index contributed by atoms with van der Waals surface area (Å²) in [7, 11) is 0. The molecule has 2 rings (SSSR count). The van der Waals surface area contributed by atoms with Crippen molar-refractivity contribution in [2.75, 3.05) is 0 Å². The fourth-order valence-corrected chi connectivity index (χ4v) is 1.26. The van der Waals surface area contributed by atoms with Gasteiger partial charge in [-0.2, -0.15) is 4.98 Å². The van der Waals surface area contributed by atoms with Crippen LogP contribution < -0.4 is 0 Å². The molecule has 0 unspecified atom stereocenters. The van der Waals surface area contributed by atoms with Crippen molar-refractivity contribution in [2.24, 2.45) is 0 Å². The van der Waals surface area contributed by atoms with Crippen LogP contribution in [0.5, 0.6) is 0 Å². The van der Waals surface area contributed by atoms with Crippen LogP contribution in [0.2, 0.25) is 5.02 Å². The van der Waals surface area contributed by atoms with Crippen LogP contribution in [-0.4, -0.2) is 20.2 Å². The third-order valence-electron chi connectivity index (χ3n) is 1.48. The molecule has 0 atom stereocenters. The van der Waals surface area contributed by atoms with Gasteiger partial charge in [0.15, 0.2) is 5.82 Å². The third kappa shape index (κ3) is 1.76. The number of nitrogens with one attached hydrogen (secondary N) is 2. The van der Waals surface area contributed by atoms with Gasteiger partial charge in [-0.25, -0.2) is 0 Å². The van der Waals surface area contributed by atoms with E-state index in [1.807, 2.05) is 0 Å². The molecule has 0 aliphatic carbocycles. The first kappa shape index (κ1) is 8.40. The van der Waals surface area contributed by atoms with Gasteiger partial charge in [0.25, 0.3) is 0 Å². The summed E-state index contributed by atoms with van der Waals surface area (Å²) in [4.78, 5) is 7.96. The van der Waals surface area contributed by atoms with Crippen LogP contribution in [-0.2, 0) is 0 Å². The number of pyridine rings is 1. The lowest BCUT2D eigenvalue weighted by Gasteiger charge is -1.94. The highest BCUT2D eigenvalue weighted by atomic mass is 35.5. The van der Waals surface area contributed by atoms with E-state index in [2.05, 4.69) is 20.2 Å². The quantitative estimate of drug-likeness (QED) is 0.713. The van der Waals surface area contributed by atoms with E-state index >= 15 is 0 Å². The Bertz CT molecular complexity index is 475. The zero-order chi connectivity index (χ0) is 9.26. The van der Waals surface area contributed by atoms with Gasteiger partial charge in [-0.05, 0) is 18.3 Å². The lowest BCUT2D eigenvalue weighted by molar-refractivity contribution is 1.08. The summed E-state index contributed by atoms with van der Waals surface area (Å²) >= 11 is 10.6. The highest BCUT2D eigenvalue weighted by molar-refractivity contribution is 7.71. The molecular weight excluding hydrogens is 208 g/mol. The minimum Gasteiger partial charge on any atom is -0.282 e. The molecule has 2 aromatic heterocycles. The van der Waals surface area contributed by atoms with Crippen molar-refractivity contribution in [3.8, 4) is 11.4 Å². The minimum atomic E-state index is 0.412. The largest absolute Gasteiger partial charge is 0.282 e. The lowest BCUT2D eigenvalue weighted by atomic mass is 10.3. The summed E-state index contributed by atoms with van der Waals surface area (Å²) in [6.45, 7) is 0. The molecule has 0 amide bonds. The molecule has 0 saturated heterocycles. The number of rotatable bonds is 1. The molecule has 4 nitrogen and oxygen atoms in total. The smallest absolute Gasteiger partial charge is 0.213 e. The van der Waals surface area contributed by atoms with Crippen molar-refractivity contribution in [3.05, 3.63) is 28.3 Å². The maximum atomic E-state index is 5.76. The molecule has 66 valence electrons. The predicted octanol–water partition coefficient (Wildman–Crippen LogP) is 2.18. The molecule has 0 radical (unpaired) electrons. The van der Waals surface area contributed by atoms with Crippen LogP contribution in [0, 0.1) is 4.77 Å². The van der Waals surface area contributed by atoms with E-state index in [-0.39, 0.29) is 0 Å². The van der Waals surface area contributed by atoms with Crippen molar-refractivity contribution < 1.29 is 0 Å². The Morgan fingerprint density at radius 3 is 2.77 bits per heavy atom. The second-order valence-corrected chi connectivity index (χ2v) is 3.23. The second kappa shape index (κ2) is 3.27. The summed E-state index contributed by atoms with van der Waals surface area (Å²) in [5, 5.41) is 6.07. The first-order valence-corrected chi connectivity index (χ1v) is 4.30. The number of hydrogen-bond donors (Lipinski definition) is 2. The van der Waals surface area contributed by atoms with Gasteiger partial charge in [0.2, 0.25) is 4.77 Å². The molecule has 0 saturated carbocycles. The number of nitrogens with zero attached hydrogens (tertiary/aromatic N) is 2. The molecule has 2 N–H and O–H groups in total. The Hall–Kier alpha value is -1.20. The highest BCUT2D eigenvalue weighted by Crippen LogP contribution is 2.16. The Kier molecular flexibility index (Phi) is 2.12. The van der Waals surface area contributed by atoms with Gasteiger partial charge in [0.1, 0.15) is 0 Å². The van der Waals surface area contributed by atoms with Gasteiger partial charge >= 0.3 is 0 Å². The Labute approximate surface area is 84.0 Å². The number of aromatic nitrogens is 4. The van der Waals surface area contributed by atoms with Crippen molar-refractivity contribution in [1.82, 2.24) is 20.2 Å². The van der Waals surface area contributed by atoms with Gasteiger partial charge in [-0.1, -0.05) is 11.6 Å². The van der Waals surface area contributed by atoms with Crippen LogP contribution in [0.1, 0.15) is 0 Å². The zero-order valence-corrected chi connectivity index (χ0v) is 7.99. The van der Waals surface area contributed by atoms with Crippen LogP contribution in [0.15, 0.2) is 18.5 Å². The predicted molar refractivity (Wildman–Crippen MR) is 52.0 cm³/mol. The van der Waals surface area contributed by atoms with E-state index in [0.717, 1.165) is 5.56 Å². The molecule has 0 aliphatic rings. The fourth-order valence-electron chi connectivity index (χ4n) is 0.948. The SMILES string of the molecule is S=c1nc(-c2cncc(Cl)c2)[nH][nH]1. The molecule has 6 heteroatoms. The first-order chi connectivity index (χ1) is 6.25. The van der Waals surface area contributed by atoms with Gasteiger partial charge in [-0.3, -0.25) is 15.2 Å². The van der Waals surface area contributed by atoms with Crippen LogP contribution in [0.3, 0.4) is 0 Å². The van der Waals surface area contributed by atoms with Gasteiger partial charge in [-0.15, -0.1) is 0 Å². The van der Waals surface area contributed by atoms with Crippen molar-refractivity contribution in [3.63, 3.8) is 0 Å². The summed E-state index contributed by atoms with van der Waals surface area (Å²) < 4.78 is 0.412. The third-order valence-corrected chi connectivity index (χ3v) is 1.88.